The van der Waals surface area contributed by atoms with Crippen molar-refractivity contribution in [2.45, 2.75) is 51.7 Å². The van der Waals surface area contributed by atoms with Gasteiger partial charge in [-0.3, -0.25) is 4.79 Å². The summed E-state index contributed by atoms with van der Waals surface area (Å²) in [6, 6.07) is 0. The normalized spacial score (nSPS) is 25.8. The number of carbonyl (C=O) groups excluding carboxylic acids is 1. The highest BCUT2D eigenvalue weighted by atomic mass is 16.6. The molecule has 1 rings (SSSR count). The lowest BCUT2D eigenvalue weighted by Crippen LogP contribution is -2.35. The molecule has 1 aliphatic rings. The van der Waals surface area contributed by atoms with E-state index in [4.69, 9.17) is 4.74 Å². The molecule has 0 heterocycles. The minimum atomic E-state index is -0.425. The van der Waals surface area contributed by atoms with E-state index in [2.05, 4.69) is 5.32 Å². The zero-order chi connectivity index (χ0) is 12.2. The first-order valence-electron chi connectivity index (χ1n) is 5.99. The fourth-order valence-electron chi connectivity index (χ4n) is 1.99. The molecule has 0 aromatic carbocycles. The van der Waals surface area contributed by atoms with Crippen LogP contribution in [-0.2, 0) is 9.53 Å². The van der Waals surface area contributed by atoms with E-state index in [-0.39, 0.29) is 18.6 Å². The number of esters is 1. The quantitative estimate of drug-likeness (QED) is 0.708. The van der Waals surface area contributed by atoms with E-state index >= 15 is 0 Å². The van der Waals surface area contributed by atoms with Gasteiger partial charge in [0.2, 0.25) is 0 Å². The maximum absolute atomic E-state index is 11.4. The fourth-order valence-corrected chi connectivity index (χ4v) is 1.99. The molecule has 1 saturated carbocycles. The van der Waals surface area contributed by atoms with Crippen LogP contribution in [0.4, 0.5) is 0 Å². The average molecular weight is 229 g/mol. The molecule has 0 radical (unpaired) electrons. The van der Waals surface area contributed by atoms with Crippen molar-refractivity contribution in [3.05, 3.63) is 0 Å². The van der Waals surface area contributed by atoms with Crippen LogP contribution in [-0.4, -0.2) is 35.9 Å². The summed E-state index contributed by atoms with van der Waals surface area (Å²) in [4.78, 5) is 11.4. The summed E-state index contributed by atoms with van der Waals surface area (Å²) in [7, 11) is 0. The Morgan fingerprint density at radius 3 is 2.62 bits per heavy atom. The summed E-state index contributed by atoms with van der Waals surface area (Å²) in [6.45, 7) is 6.48. The van der Waals surface area contributed by atoms with E-state index < -0.39 is 5.60 Å². The first-order valence-corrected chi connectivity index (χ1v) is 5.99. The van der Waals surface area contributed by atoms with Gasteiger partial charge in [0, 0.05) is 6.54 Å². The molecule has 1 aliphatic carbocycles. The minimum Gasteiger partial charge on any atom is -0.459 e. The second-order valence-electron chi connectivity index (χ2n) is 5.48. The van der Waals surface area contributed by atoms with Crippen LogP contribution in [0.15, 0.2) is 0 Å². The molecule has 0 amide bonds. The van der Waals surface area contributed by atoms with Gasteiger partial charge in [-0.15, -0.1) is 0 Å². The van der Waals surface area contributed by atoms with Crippen molar-refractivity contribution in [3.8, 4) is 0 Å². The van der Waals surface area contributed by atoms with Gasteiger partial charge in [-0.25, -0.2) is 0 Å². The highest BCUT2D eigenvalue weighted by Crippen LogP contribution is 2.24. The molecule has 4 nitrogen and oxygen atoms in total. The number of rotatable bonds is 4. The van der Waals surface area contributed by atoms with Gasteiger partial charge in [0.05, 0.1) is 12.6 Å². The summed E-state index contributed by atoms with van der Waals surface area (Å²) in [5.74, 6) is 0.0578. The Bertz CT molecular complexity index is 235. The Balaban J connectivity index is 2.13. The van der Waals surface area contributed by atoms with E-state index in [1.807, 2.05) is 20.8 Å². The maximum Gasteiger partial charge on any atom is 0.320 e. The molecular formula is C12H23NO3. The number of hydrogen-bond acceptors (Lipinski definition) is 4. The molecule has 0 aromatic heterocycles. The number of hydrogen-bond donors (Lipinski definition) is 2. The third kappa shape index (κ3) is 4.94. The molecule has 0 aromatic rings. The summed E-state index contributed by atoms with van der Waals surface area (Å²) < 4.78 is 5.17. The van der Waals surface area contributed by atoms with Gasteiger partial charge < -0.3 is 15.2 Å². The molecule has 0 spiro atoms. The van der Waals surface area contributed by atoms with Gasteiger partial charge in [-0.05, 0) is 39.5 Å². The Kier molecular flexibility index (Phi) is 4.74. The van der Waals surface area contributed by atoms with Crippen molar-refractivity contribution >= 4 is 5.97 Å². The van der Waals surface area contributed by atoms with Crippen molar-refractivity contribution in [3.63, 3.8) is 0 Å². The second kappa shape index (κ2) is 5.64. The molecule has 4 heteroatoms. The van der Waals surface area contributed by atoms with Gasteiger partial charge >= 0.3 is 5.97 Å². The van der Waals surface area contributed by atoms with E-state index in [1.54, 1.807) is 0 Å². The van der Waals surface area contributed by atoms with Crippen LogP contribution in [0.3, 0.4) is 0 Å². The molecular weight excluding hydrogens is 206 g/mol. The average Bonchev–Trinajstić information content (AvgIpc) is 2.48. The van der Waals surface area contributed by atoms with Gasteiger partial charge in [-0.1, -0.05) is 6.42 Å². The Morgan fingerprint density at radius 1 is 1.44 bits per heavy atom. The van der Waals surface area contributed by atoms with Crippen LogP contribution < -0.4 is 5.32 Å². The van der Waals surface area contributed by atoms with Crippen LogP contribution in [0.25, 0.3) is 0 Å². The predicted molar refractivity (Wildman–Crippen MR) is 62.1 cm³/mol. The summed E-state index contributed by atoms with van der Waals surface area (Å²) in [5, 5.41) is 12.6. The molecule has 2 unspecified atom stereocenters. The Labute approximate surface area is 97.4 Å². The lowest BCUT2D eigenvalue weighted by atomic mass is 10.1. The Hall–Kier alpha value is -0.610. The lowest BCUT2D eigenvalue weighted by Gasteiger charge is -2.20. The molecule has 0 aliphatic heterocycles. The van der Waals surface area contributed by atoms with E-state index in [9.17, 15) is 9.90 Å². The lowest BCUT2D eigenvalue weighted by molar-refractivity contribution is -0.153. The van der Waals surface area contributed by atoms with Crippen LogP contribution >= 0.6 is 0 Å². The molecule has 16 heavy (non-hydrogen) atoms. The summed E-state index contributed by atoms with van der Waals surface area (Å²) >= 11 is 0. The minimum absolute atomic E-state index is 0.203. The third-order valence-electron chi connectivity index (χ3n) is 2.71. The molecule has 2 N–H and O–H groups in total. The van der Waals surface area contributed by atoms with Crippen molar-refractivity contribution in [2.24, 2.45) is 5.92 Å². The van der Waals surface area contributed by atoms with Gasteiger partial charge in [0.1, 0.15) is 5.60 Å². The van der Waals surface area contributed by atoms with E-state index in [0.29, 0.717) is 12.5 Å². The first kappa shape index (κ1) is 13.5. The van der Waals surface area contributed by atoms with Crippen LogP contribution in [0.2, 0.25) is 0 Å². The highest BCUT2D eigenvalue weighted by molar-refractivity contribution is 5.72. The second-order valence-corrected chi connectivity index (χ2v) is 5.48. The number of aliphatic hydroxyl groups excluding tert-OH is 1. The Morgan fingerprint density at radius 2 is 2.12 bits per heavy atom. The van der Waals surface area contributed by atoms with Gasteiger partial charge in [0.25, 0.3) is 0 Å². The fraction of sp³-hybridized carbons (Fsp3) is 0.917. The van der Waals surface area contributed by atoms with Crippen molar-refractivity contribution in [2.75, 3.05) is 13.1 Å². The molecule has 0 saturated heterocycles. The molecule has 2 atom stereocenters. The predicted octanol–water partition coefficient (Wildman–Crippen LogP) is 1.08. The van der Waals surface area contributed by atoms with Gasteiger partial charge in [-0.2, -0.15) is 0 Å². The van der Waals surface area contributed by atoms with Gasteiger partial charge in [0.15, 0.2) is 0 Å². The number of carbonyl (C=O) groups is 1. The maximum atomic E-state index is 11.4. The number of aliphatic hydroxyl groups is 1. The number of ether oxygens (including phenoxy) is 1. The smallest absolute Gasteiger partial charge is 0.320 e. The summed E-state index contributed by atoms with van der Waals surface area (Å²) in [5.41, 5.74) is -0.425. The van der Waals surface area contributed by atoms with E-state index in [0.717, 1.165) is 19.3 Å². The molecule has 94 valence electrons. The SMILES string of the molecule is CC(C)(C)OC(=O)CNCC1CCCC1O. The van der Waals surface area contributed by atoms with Crippen molar-refractivity contribution in [1.82, 2.24) is 5.32 Å². The molecule has 0 bridgehead atoms. The first-order chi connectivity index (χ1) is 7.38. The third-order valence-corrected chi connectivity index (χ3v) is 2.71. The standard InChI is InChI=1S/C12H23NO3/c1-12(2,3)16-11(15)8-13-7-9-5-4-6-10(9)14/h9-10,13-14H,4-8H2,1-3H3. The number of nitrogens with one attached hydrogen (secondary N) is 1. The van der Waals surface area contributed by atoms with Crippen LogP contribution in [0.1, 0.15) is 40.0 Å². The molecule has 1 fully saturated rings. The van der Waals surface area contributed by atoms with Crippen LogP contribution in [0.5, 0.6) is 0 Å². The van der Waals surface area contributed by atoms with Crippen molar-refractivity contribution in [1.29, 1.82) is 0 Å². The van der Waals surface area contributed by atoms with Crippen molar-refractivity contribution < 1.29 is 14.6 Å². The van der Waals surface area contributed by atoms with E-state index in [1.165, 1.54) is 0 Å². The highest BCUT2D eigenvalue weighted by Gasteiger charge is 2.25. The summed E-state index contributed by atoms with van der Waals surface area (Å²) in [6.07, 6.45) is 2.81. The zero-order valence-corrected chi connectivity index (χ0v) is 10.5. The largest absolute Gasteiger partial charge is 0.459 e. The zero-order valence-electron chi connectivity index (χ0n) is 10.5. The van der Waals surface area contributed by atoms with Crippen LogP contribution in [0, 0.1) is 5.92 Å². The topological polar surface area (TPSA) is 58.6 Å². The monoisotopic (exact) mass is 229 g/mol.